The van der Waals surface area contributed by atoms with Gasteiger partial charge in [0.2, 0.25) is 0 Å². The van der Waals surface area contributed by atoms with Crippen molar-refractivity contribution in [2.75, 3.05) is 6.54 Å². The lowest BCUT2D eigenvalue weighted by Gasteiger charge is -2.32. The minimum absolute atomic E-state index is 0.371. The molecule has 0 rings (SSSR count). The molecule has 0 aliphatic heterocycles. The van der Waals surface area contributed by atoms with Crippen molar-refractivity contribution >= 4 is 0 Å². The predicted octanol–water partition coefficient (Wildman–Crippen LogP) is 2.80. The first-order chi connectivity index (χ1) is 5.06. The van der Waals surface area contributed by atoms with Gasteiger partial charge in [-0.3, -0.25) is 0 Å². The Morgan fingerprint density at radius 3 is 2.18 bits per heavy atom. The molecule has 0 aliphatic rings. The summed E-state index contributed by atoms with van der Waals surface area (Å²) >= 11 is 0. The van der Waals surface area contributed by atoms with Crippen molar-refractivity contribution in [2.24, 2.45) is 17.1 Å². The highest BCUT2D eigenvalue weighted by Gasteiger charge is 2.25. The van der Waals surface area contributed by atoms with Crippen molar-refractivity contribution in [2.45, 2.75) is 47.0 Å². The molecule has 0 saturated carbocycles. The summed E-state index contributed by atoms with van der Waals surface area (Å²) in [5.74, 6) is 0.707. The molecule has 1 atom stereocenters. The Labute approximate surface area is 71.4 Å². The summed E-state index contributed by atoms with van der Waals surface area (Å²) in [6.07, 6.45) is 3.87. The second kappa shape index (κ2) is 4.76. The van der Waals surface area contributed by atoms with Crippen LogP contribution in [0.3, 0.4) is 0 Å². The quantitative estimate of drug-likeness (QED) is 0.652. The largest absolute Gasteiger partial charge is 0.330 e. The Morgan fingerprint density at radius 2 is 1.91 bits per heavy atom. The SMILES string of the molecule is CCCCC(C)(CN)C(C)C. The highest BCUT2D eigenvalue weighted by Crippen LogP contribution is 2.31. The lowest BCUT2D eigenvalue weighted by Crippen LogP contribution is -2.32. The van der Waals surface area contributed by atoms with E-state index in [-0.39, 0.29) is 0 Å². The fourth-order valence-electron chi connectivity index (χ4n) is 1.21. The fourth-order valence-corrected chi connectivity index (χ4v) is 1.21. The Kier molecular flexibility index (Phi) is 4.74. The highest BCUT2D eigenvalue weighted by molar-refractivity contribution is 4.78. The summed E-state index contributed by atoms with van der Waals surface area (Å²) in [5, 5.41) is 0. The maximum Gasteiger partial charge on any atom is -0.00207 e. The topological polar surface area (TPSA) is 26.0 Å². The van der Waals surface area contributed by atoms with Crippen LogP contribution in [0.4, 0.5) is 0 Å². The van der Waals surface area contributed by atoms with Crippen LogP contribution < -0.4 is 5.73 Å². The third-order valence-electron chi connectivity index (χ3n) is 2.96. The molecular formula is C10H23N. The molecule has 0 aromatic carbocycles. The Bertz CT molecular complexity index is 99.0. The van der Waals surface area contributed by atoms with Crippen LogP contribution >= 0.6 is 0 Å². The van der Waals surface area contributed by atoms with Crippen LogP contribution in [0.2, 0.25) is 0 Å². The number of unbranched alkanes of at least 4 members (excludes halogenated alkanes) is 1. The molecule has 11 heavy (non-hydrogen) atoms. The predicted molar refractivity (Wildman–Crippen MR) is 51.5 cm³/mol. The lowest BCUT2D eigenvalue weighted by molar-refractivity contribution is 0.204. The van der Waals surface area contributed by atoms with E-state index in [1.54, 1.807) is 0 Å². The van der Waals surface area contributed by atoms with E-state index in [1.807, 2.05) is 0 Å². The zero-order valence-electron chi connectivity index (χ0n) is 8.48. The Balaban J connectivity index is 3.88. The van der Waals surface area contributed by atoms with E-state index >= 15 is 0 Å². The Morgan fingerprint density at radius 1 is 1.36 bits per heavy atom. The zero-order valence-corrected chi connectivity index (χ0v) is 8.48. The molecule has 0 saturated heterocycles. The molecule has 1 nitrogen and oxygen atoms in total. The van der Waals surface area contributed by atoms with Crippen molar-refractivity contribution in [3.05, 3.63) is 0 Å². The Hall–Kier alpha value is -0.0400. The van der Waals surface area contributed by atoms with Gasteiger partial charge in [0.05, 0.1) is 0 Å². The highest BCUT2D eigenvalue weighted by atomic mass is 14.6. The van der Waals surface area contributed by atoms with E-state index in [4.69, 9.17) is 5.73 Å². The maximum absolute atomic E-state index is 5.75. The summed E-state index contributed by atoms with van der Waals surface area (Å²) in [7, 11) is 0. The van der Waals surface area contributed by atoms with Crippen LogP contribution in [0.1, 0.15) is 47.0 Å². The smallest absolute Gasteiger partial charge is 0.00207 e. The van der Waals surface area contributed by atoms with Gasteiger partial charge in [-0.05, 0) is 24.3 Å². The molecule has 0 bridgehead atoms. The van der Waals surface area contributed by atoms with Crippen LogP contribution in [0, 0.1) is 11.3 Å². The average molecular weight is 157 g/mol. The number of hydrogen-bond donors (Lipinski definition) is 1. The van der Waals surface area contributed by atoms with Gasteiger partial charge in [-0.2, -0.15) is 0 Å². The number of hydrogen-bond acceptors (Lipinski definition) is 1. The minimum atomic E-state index is 0.371. The first kappa shape index (κ1) is 11.0. The second-order valence-electron chi connectivity index (χ2n) is 4.12. The molecule has 1 unspecified atom stereocenters. The van der Waals surface area contributed by atoms with E-state index < -0.39 is 0 Å². The summed E-state index contributed by atoms with van der Waals surface area (Å²) in [4.78, 5) is 0. The first-order valence-corrected chi connectivity index (χ1v) is 4.77. The summed E-state index contributed by atoms with van der Waals surface area (Å²) < 4.78 is 0. The summed E-state index contributed by atoms with van der Waals surface area (Å²) in [6, 6.07) is 0. The average Bonchev–Trinajstić information content (AvgIpc) is 2.00. The maximum atomic E-state index is 5.75. The normalized spacial score (nSPS) is 16.9. The van der Waals surface area contributed by atoms with Gasteiger partial charge in [0.1, 0.15) is 0 Å². The minimum Gasteiger partial charge on any atom is -0.330 e. The van der Waals surface area contributed by atoms with E-state index in [2.05, 4.69) is 27.7 Å². The third-order valence-corrected chi connectivity index (χ3v) is 2.96. The summed E-state index contributed by atoms with van der Waals surface area (Å²) in [6.45, 7) is 9.89. The van der Waals surface area contributed by atoms with E-state index in [9.17, 15) is 0 Å². The van der Waals surface area contributed by atoms with Crippen LogP contribution in [-0.2, 0) is 0 Å². The van der Waals surface area contributed by atoms with Crippen molar-refractivity contribution in [1.29, 1.82) is 0 Å². The molecule has 0 aliphatic carbocycles. The van der Waals surface area contributed by atoms with E-state index in [0.717, 1.165) is 6.54 Å². The van der Waals surface area contributed by atoms with Crippen LogP contribution in [0.15, 0.2) is 0 Å². The van der Waals surface area contributed by atoms with Gasteiger partial charge < -0.3 is 5.73 Å². The van der Waals surface area contributed by atoms with Gasteiger partial charge in [0.25, 0.3) is 0 Å². The zero-order chi connectivity index (χ0) is 8.91. The second-order valence-corrected chi connectivity index (χ2v) is 4.12. The molecule has 0 amide bonds. The molecule has 0 fully saturated rings. The van der Waals surface area contributed by atoms with Gasteiger partial charge in [-0.1, -0.05) is 40.5 Å². The van der Waals surface area contributed by atoms with Gasteiger partial charge in [0.15, 0.2) is 0 Å². The van der Waals surface area contributed by atoms with Crippen molar-refractivity contribution < 1.29 is 0 Å². The van der Waals surface area contributed by atoms with Crippen LogP contribution in [0.5, 0.6) is 0 Å². The molecular weight excluding hydrogens is 134 g/mol. The van der Waals surface area contributed by atoms with Gasteiger partial charge in [0, 0.05) is 0 Å². The van der Waals surface area contributed by atoms with E-state index in [1.165, 1.54) is 19.3 Å². The molecule has 0 aromatic heterocycles. The number of rotatable bonds is 5. The van der Waals surface area contributed by atoms with Gasteiger partial charge in [-0.15, -0.1) is 0 Å². The van der Waals surface area contributed by atoms with Crippen LogP contribution in [-0.4, -0.2) is 6.54 Å². The van der Waals surface area contributed by atoms with Gasteiger partial charge >= 0.3 is 0 Å². The fraction of sp³-hybridized carbons (Fsp3) is 1.00. The van der Waals surface area contributed by atoms with Crippen molar-refractivity contribution in [1.82, 2.24) is 0 Å². The first-order valence-electron chi connectivity index (χ1n) is 4.77. The molecule has 0 aromatic rings. The standard InChI is InChI=1S/C10H23N/c1-5-6-7-10(4,8-11)9(2)3/h9H,5-8,11H2,1-4H3. The van der Waals surface area contributed by atoms with Crippen molar-refractivity contribution in [3.8, 4) is 0 Å². The molecule has 68 valence electrons. The van der Waals surface area contributed by atoms with E-state index in [0.29, 0.717) is 11.3 Å². The third kappa shape index (κ3) is 3.24. The molecule has 2 N–H and O–H groups in total. The van der Waals surface area contributed by atoms with Gasteiger partial charge in [-0.25, -0.2) is 0 Å². The molecule has 0 spiro atoms. The van der Waals surface area contributed by atoms with Crippen LogP contribution in [0.25, 0.3) is 0 Å². The monoisotopic (exact) mass is 157 g/mol. The molecule has 0 heterocycles. The lowest BCUT2D eigenvalue weighted by atomic mass is 9.75. The summed E-state index contributed by atoms with van der Waals surface area (Å²) in [5.41, 5.74) is 6.12. The van der Waals surface area contributed by atoms with Crippen molar-refractivity contribution in [3.63, 3.8) is 0 Å². The molecule has 0 radical (unpaired) electrons. The molecule has 1 heteroatoms. The number of nitrogens with two attached hydrogens (primary N) is 1.